The van der Waals surface area contributed by atoms with E-state index in [4.69, 9.17) is 28.4 Å². The van der Waals surface area contributed by atoms with Gasteiger partial charge in [0.1, 0.15) is 34.5 Å². The van der Waals surface area contributed by atoms with Gasteiger partial charge < -0.3 is 28.4 Å². The summed E-state index contributed by atoms with van der Waals surface area (Å²) in [6.07, 6.45) is 6.84. The summed E-state index contributed by atoms with van der Waals surface area (Å²) < 4.78 is 32.3. The maximum absolute atomic E-state index is 12.1. The lowest BCUT2D eigenvalue weighted by molar-refractivity contribution is -0.138. The van der Waals surface area contributed by atoms with Crippen LogP contribution >= 0.6 is 0 Å². The summed E-state index contributed by atoms with van der Waals surface area (Å²) in [7, 11) is 0. The van der Waals surface area contributed by atoms with Crippen molar-refractivity contribution >= 4 is 23.9 Å². The monoisotopic (exact) mass is 630 g/mol. The molecule has 46 heavy (non-hydrogen) atoms. The van der Waals surface area contributed by atoms with E-state index in [1.54, 1.807) is 72.8 Å². The van der Waals surface area contributed by atoms with Crippen molar-refractivity contribution in [2.75, 3.05) is 13.2 Å². The minimum atomic E-state index is -0.452. The maximum Gasteiger partial charge on any atom is 0.330 e. The van der Waals surface area contributed by atoms with Crippen molar-refractivity contribution < 1.29 is 47.6 Å². The smallest absolute Gasteiger partial charge is 0.330 e. The molecule has 242 valence electrons. The fourth-order valence-electron chi connectivity index (χ4n) is 3.92. The van der Waals surface area contributed by atoms with E-state index in [1.165, 1.54) is 0 Å². The first-order valence-corrected chi connectivity index (χ1v) is 15.0. The van der Waals surface area contributed by atoms with Crippen LogP contribution in [-0.4, -0.2) is 37.1 Å². The first-order valence-electron chi connectivity index (χ1n) is 15.0. The van der Waals surface area contributed by atoms with Crippen LogP contribution in [0, 0.1) is 0 Å². The van der Waals surface area contributed by atoms with Gasteiger partial charge in [0.2, 0.25) is 0 Å². The summed E-state index contributed by atoms with van der Waals surface area (Å²) in [5.74, 6) is 1.59. The minimum absolute atomic E-state index is 0.264. The van der Waals surface area contributed by atoms with Crippen LogP contribution in [0.1, 0.15) is 51.4 Å². The Morgan fingerprint density at radius 1 is 0.457 bits per heavy atom. The highest BCUT2D eigenvalue weighted by atomic mass is 16.5. The van der Waals surface area contributed by atoms with E-state index in [0.717, 1.165) is 25.0 Å². The average molecular weight is 631 g/mol. The van der Waals surface area contributed by atoms with Gasteiger partial charge in [-0.15, -0.1) is 0 Å². The Morgan fingerprint density at radius 3 is 1.07 bits per heavy atom. The van der Waals surface area contributed by atoms with Crippen LogP contribution in [0.2, 0.25) is 0 Å². The molecule has 0 spiro atoms. The van der Waals surface area contributed by atoms with E-state index in [0.29, 0.717) is 73.4 Å². The molecule has 0 aliphatic heterocycles. The molecule has 0 amide bonds. The molecule has 0 fully saturated rings. The number of esters is 4. The zero-order valence-electron chi connectivity index (χ0n) is 25.7. The summed E-state index contributed by atoms with van der Waals surface area (Å²) >= 11 is 0. The predicted molar refractivity (Wildman–Crippen MR) is 170 cm³/mol. The number of ether oxygens (including phenoxy) is 6. The minimum Gasteiger partial charge on any atom is -0.463 e. The Balaban J connectivity index is 1.34. The molecule has 0 radical (unpaired) electrons. The molecule has 0 heterocycles. The van der Waals surface area contributed by atoms with Crippen LogP contribution < -0.4 is 18.9 Å². The van der Waals surface area contributed by atoms with Gasteiger partial charge in [-0.3, -0.25) is 9.59 Å². The van der Waals surface area contributed by atoms with E-state index < -0.39 is 11.9 Å². The first-order chi connectivity index (χ1) is 22.3. The quantitative estimate of drug-likeness (QED) is 0.0532. The fourth-order valence-corrected chi connectivity index (χ4v) is 3.92. The molecule has 3 rings (SSSR count). The molecule has 10 heteroatoms. The molecule has 0 aromatic heterocycles. The Kier molecular flexibility index (Phi) is 15.1. The Hall–Kier alpha value is -5.38. The fraction of sp³-hybridized carbons (Fsp3) is 0.278. The van der Waals surface area contributed by atoms with Gasteiger partial charge in [-0.05, 0) is 111 Å². The number of rotatable bonds is 20. The van der Waals surface area contributed by atoms with Crippen LogP contribution in [0.5, 0.6) is 34.5 Å². The van der Waals surface area contributed by atoms with Gasteiger partial charge in [0, 0.05) is 25.0 Å². The molecule has 0 aliphatic carbocycles. The highest BCUT2D eigenvalue weighted by Gasteiger charge is 2.08. The molecule has 0 N–H and O–H groups in total. The molecule has 0 bridgehead atoms. The summed E-state index contributed by atoms with van der Waals surface area (Å²) in [6, 6.07) is 20.5. The molecule has 0 saturated carbocycles. The van der Waals surface area contributed by atoms with E-state index in [-0.39, 0.29) is 24.8 Å². The van der Waals surface area contributed by atoms with E-state index >= 15 is 0 Å². The normalized spacial score (nSPS) is 10.3. The van der Waals surface area contributed by atoms with Crippen LogP contribution in [0.3, 0.4) is 0 Å². The van der Waals surface area contributed by atoms with Crippen molar-refractivity contribution in [2.24, 2.45) is 0 Å². The number of benzene rings is 3. The van der Waals surface area contributed by atoms with Crippen LogP contribution in [0.15, 0.2) is 98.1 Å². The summed E-state index contributed by atoms with van der Waals surface area (Å²) in [5.41, 5.74) is 0. The van der Waals surface area contributed by atoms with Gasteiger partial charge in [0.25, 0.3) is 0 Å². The Morgan fingerprint density at radius 2 is 0.761 bits per heavy atom. The third kappa shape index (κ3) is 13.9. The standard InChI is InChI=1S/C36H38O10/c1-3-33(37)41-25-9-5-7-11-35(39)45-31-21-17-29(18-22-31)43-27-13-15-28(16-14-27)44-30-19-23-32(24-20-30)46-36(40)12-8-6-10-26-42-34(38)4-2/h3-4,13-24H,1-2,5-12,25-26H2. The predicted octanol–water partition coefficient (Wildman–Crippen LogP) is 7.66. The molecule has 10 nitrogen and oxygen atoms in total. The second kappa shape index (κ2) is 19.8. The van der Waals surface area contributed by atoms with Crippen molar-refractivity contribution in [1.29, 1.82) is 0 Å². The topological polar surface area (TPSA) is 124 Å². The summed E-state index contributed by atoms with van der Waals surface area (Å²) in [4.78, 5) is 46.2. The highest BCUT2D eigenvalue weighted by Crippen LogP contribution is 2.29. The van der Waals surface area contributed by atoms with Crippen molar-refractivity contribution in [3.8, 4) is 34.5 Å². The summed E-state index contributed by atoms with van der Waals surface area (Å²) in [6.45, 7) is 7.27. The van der Waals surface area contributed by atoms with Crippen LogP contribution in [0.25, 0.3) is 0 Å². The number of carbonyl (C=O) groups excluding carboxylic acids is 4. The van der Waals surface area contributed by atoms with Gasteiger partial charge in [0.05, 0.1) is 13.2 Å². The number of hydrogen-bond acceptors (Lipinski definition) is 10. The van der Waals surface area contributed by atoms with Crippen molar-refractivity contribution in [3.05, 3.63) is 98.1 Å². The zero-order valence-corrected chi connectivity index (χ0v) is 25.7. The lowest BCUT2D eigenvalue weighted by Crippen LogP contribution is -2.08. The highest BCUT2D eigenvalue weighted by molar-refractivity contribution is 5.81. The van der Waals surface area contributed by atoms with Crippen molar-refractivity contribution in [1.82, 2.24) is 0 Å². The molecule has 0 atom stereocenters. The molecule has 3 aromatic rings. The van der Waals surface area contributed by atoms with Crippen molar-refractivity contribution in [2.45, 2.75) is 51.4 Å². The molecule has 0 unspecified atom stereocenters. The summed E-state index contributed by atoms with van der Waals surface area (Å²) in [5, 5.41) is 0. The first kappa shape index (κ1) is 35.1. The van der Waals surface area contributed by atoms with E-state index in [9.17, 15) is 19.2 Å². The van der Waals surface area contributed by atoms with Gasteiger partial charge in [-0.25, -0.2) is 9.59 Å². The van der Waals surface area contributed by atoms with Crippen LogP contribution in [0.4, 0.5) is 0 Å². The number of unbranched alkanes of at least 4 members (excludes halogenated alkanes) is 4. The number of carbonyl (C=O) groups is 4. The lowest BCUT2D eigenvalue weighted by Gasteiger charge is -2.10. The largest absolute Gasteiger partial charge is 0.463 e. The molecule has 0 aliphatic rings. The third-order valence-electron chi connectivity index (χ3n) is 6.28. The second-order valence-electron chi connectivity index (χ2n) is 9.93. The Bertz CT molecular complexity index is 1320. The van der Waals surface area contributed by atoms with E-state index in [1.807, 2.05) is 0 Å². The van der Waals surface area contributed by atoms with Gasteiger partial charge >= 0.3 is 23.9 Å². The molecular formula is C36H38O10. The SMILES string of the molecule is C=CC(=O)OCCCCCC(=O)Oc1ccc(Oc2ccc(Oc3ccc(OC(=O)CCCCCOC(=O)C=C)cc3)cc2)cc1. The lowest BCUT2D eigenvalue weighted by atomic mass is 10.2. The van der Waals surface area contributed by atoms with Crippen molar-refractivity contribution in [3.63, 3.8) is 0 Å². The van der Waals surface area contributed by atoms with Crippen LogP contribution in [-0.2, 0) is 28.7 Å². The zero-order chi connectivity index (χ0) is 33.0. The molecule has 3 aromatic carbocycles. The third-order valence-corrected chi connectivity index (χ3v) is 6.28. The number of hydrogen-bond donors (Lipinski definition) is 0. The van der Waals surface area contributed by atoms with E-state index in [2.05, 4.69) is 13.2 Å². The molecule has 0 saturated heterocycles. The van der Waals surface area contributed by atoms with Gasteiger partial charge in [0.15, 0.2) is 0 Å². The second-order valence-corrected chi connectivity index (χ2v) is 9.93. The van der Waals surface area contributed by atoms with Gasteiger partial charge in [-0.2, -0.15) is 0 Å². The Labute approximate surface area is 268 Å². The molecular weight excluding hydrogens is 592 g/mol. The van der Waals surface area contributed by atoms with Gasteiger partial charge in [-0.1, -0.05) is 13.2 Å². The maximum atomic E-state index is 12.1. The average Bonchev–Trinajstić information content (AvgIpc) is 3.06.